The van der Waals surface area contributed by atoms with E-state index in [1.54, 1.807) is 52.8 Å². The van der Waals surface area contributed by atoms with Gasteiger partial charge in [-0.15, -0.1) is 11.8 Å². The summed E-state index contributed by atoms with van der Waals surface area (Å²) in [4.78, 5) is 32.2. The fraction of sp³-hybridized carbons (Fsp3) is 0.244. The second-order valence-electron chi connectivity index (χ2n) is 15.5. The van der Waals surface area contributed by atoms with Crippen molar-refractivity contribution in [2.75, 3.05) is 78.3 Å². The summed E-state index contributed by atoms with van der Waals surface area (Å²) in [6, 6.07) is 35.4. The summed E-state index contributed by atoms with van der Waals surface area (Å²) in [5.74, 6) is -0.424. The normalized spacial score (nSPS) is 13.5. The monoisotopic (exact) mass is 957 g/mol. The van der Waals surface area contributed by atoms with E-state index in [9.17, 15) is 31.7 Å². The lowest BCUT2D eigenvalue weighted by Gasteiger charge is -2.37. The topological polar surface area (TPSA) is 192 Å². The van der Waals surface area contributed by atoms with Gasteiger partial charge in [0, 0.05) is 76.6 Å². The zero-order valence-electron chi connectivity index (χ0n) is 35.5. The molecule has 5 aromatic carbocycles. The van der Waals surface area contributed by atoms with E-state index in [1.165, 1.54) is 18.3 Å². The maximum atomic E-state index is 13.6. The van der Waals surface area contributed by atoms with E-state index in [0.29, 0.717) is 66.0 Å². The molecule has 0 spiro atoms. The molecule has 16 nitrogen and oxygen atoms in total. The number of amides is 1. The van der Waals surface area contributed by atoms with E-state index in [1.807, 2.05) is 85.7 Å². The number of carbonyl (C=O) groups is 1. The van der Waals surface area contributed by atoms with Crippen molar-refractivity contribution in [1.29, 1.82) is 0 Å². The van der Waals surface area contributed by atoms with Crippen molar-refractivity contribution in [1.82, 2.24) is 20.0 Å². The van der Waals surface area contributed by atoms with Gasteiger partial charge in [0.25, 0.3) is 21.6 Å². The molecular weight excluding hydrogens is 910 g/mol. The zero-order chi connectivity index (χ0) is 46.1. The second kappa shape index (κ2) is 21.2. The molecule has 0 radical (unpaired) electrons. The molecule has 0 saturated carbocycles. The molecule has 340 valence electrons. The molecule has 3 N–H and O–H groups in total. The average molecular weight is 959 g/mol. The molecule has 1 fully saturated rings. The first-order chi connectivity index (χ1) is 31.2. The third-order valence-corrected chi connectivity index (χ3v) is 13.9. The Morgan fingerprint density at radius 1 is 0.877 bits per heavy atom. The van der Waals surface area contributed by atoms with Gasteiger partial charge in [-0.05, 0) is 112 Å². The van der Waals surface area contributed by atoms with Crippen LogP contribution in [0.4, 0.5) is 28.4 Å². The third-order valence-electron chi connectivity index (χ3n) is 10.7. The fourth-order valence-electron chi connectivity index (χ4n) is 7.33. The first-order valence-electron chi connectivity index (χ1n) is 20.6. The molecule has 1 atom stereocenters. The van der Waals surface area contributed by atoms with Gasteiger partial charge < -0.3 is 25.3 Å². The largest absolute Gasteiger partial charge is 0.376 e. The third kappa shape index (κ3) is 12.2. The molecule has 0 unspecified atom stereocenters. The molecule has 1 aliphatic heterocycles. The van der Waals surface area contributed by atoms with Crippen LogP contribution in [-0.4, -0.2) is 107 Å². The Bertz CT molecular complexity index is 2790. The van der Waals surface area contributed by atoms with Gasteiger partial charge in [0.2, 0.25) is 0 Å². The molecule has 1 aliphatic rings. The lowest BCUT2D eigenvalue weighted by Crippen LogP contribution is -2.46. The van der Waals surface area contributed by atoms with Gasteiger partial charge in [-0.1, -0.05) is 41.9 Å². The number of nitrogens with zero attached hydrogens (tertiary/aromatic N) is 6. The number of benzene rings is 5. The minimum absolute atomic E-state index is 0.125. The van der Waals surface area contributed by atoms with E-state index in [4.69, 9.17) is 11.6 Å². The van der Waals surface area contributed by atoms with E-state index in [-0.39, 0.29) is 27.9 Å². The van der Waals surface area contributed by atoms with Gasteiger partial charge in [0.1, 0.15) is 11.6 Å². The summed E-state index contributed by atoms with van der Waals surface area (Å²) in [5, 5.41) is 23.1. The zero-order valence-corrected chi connectivity index (χ0v) is 38.8. The van der Waals surface area contributed by atoms with Crippen LogP contribution in [0.5, 0.6) is 0 Å². The van der Waals surface area contributed by atoms with E-state index in [0.717, 1.165) is 28.9 Å². The van der Waals surface area contributed by atoms with Gasteiger partial charge in [0.05, 0.1) is 33.0 Å². The summed E-state index contributed by atoms with van der Waals surface area (Å²) in [6.45, 7) is 3.38. The molecule has 1 saturated heterocycles. The molecule has 20 heteroatoms. The number of aromatic nitrogens is 2. The maximum Gasteiger partial charge on any atom is 0.293 e. The summed E-state index contributed by atoms with van der Waals surface area (Å²) in [6.07, 6.45) is 2.13. The quantitative estimate of drug-likeness (QED) is 0.0280. The van der Waals surface area contributed by atoms with Crippen molar-refractivity contribution < 1.29 is 26.6 Å². The predicted octanol–water partition coefficient (Wildman–Crippen LogP) is 7.05. The highest BCUT2D eigenvalue weighted by Crippen LogP contribution is 2.33. The maximum absolute atomic E-state index is 13.6. The van der Waals surface area contributed by atoms with Crippen LogP contribution in [-0.2, 0) is 20.7 Å². The first-order valence-corrected chi connectivity index (χ1v) is 24.8. The number of hydrogen-bond acceptors (Lipinski definition) is 13. The molecule has 6 aromatic rings. The molecule has 0 bridgehead atoms. The number of halogens is 1. The highest BCUT2D eigenvalue weighted by Gasteiger charge is 2.26. The van der Waals surface area contributed by atoms with Gasteiger partial charge >= 0.3 is 0 Å². The highest BCUT2D eigenvalue weighted by atomic mass is 35.5. The van der Waals surface area contributed by atoms with E-state index < -0.39 is 37.4 Å². The summed E-state index contributed by atoms with van der Waals surface area (Å²) in [7, 11) is -3.08. The number of thiol groups is 1. The average Bonchev–Trinajstić information content (AvgIpc) is 3.75. The minimum Gasteiger partial charge on any atom is -0.376 e. The second-order valence-corrected chi connectivity index (χ2v) is 19.7. The molecule has 1 amide bonds. The Hall–Kier alpha value is -6.12. The van der Waals surface area contributed by atoms with Crippen LogP contribution >= 0.6 is 23.4 Å². The summed E-state index contributed by atoms with van der Waals surface area (Å²) >= 11 is 7.79. The number of nitrogens with one attached hydrogen (secondary N) is 3. The molecule has 65 heavy (non-hydrogen) atoms. The Kier molecular flexibility index (Phi) is 15.3. The number of rotatable bonds is 19. The van der Waals surface area contributed by atoms with Crippen molar-refractivity contribution >= 4 is 78.4 Å². The lowest BCUT2D eigenvalue weighted by molar-refractivity contribution is -0.384. The summed E-state index contributed by atoms with van der Waals surface area (Å²) < 4.78 is 53.9. The predicted molar refractivity (Wildman–Crippen MR) is 259 cm³/mol. The Morgan fingerprint density at radius 2 is 1.55 bits per heavy atom. The van der Waals surface area contributed by atoms with Crippen LogP contribution in [0.3, 0.4) is 0 Å². The van der Waals surface area contributed by atoms with Crippen LogP contribution in [0.1, 0.15) is 16.8 Å². The number of nitro groups is 1. The molecular formula is C45H48ClN9O7S3. The molecule has 0 aliphatic carbocycles. The van der Waals surface area contributed by atoms with Gasteiger partial charge in [0.15, 0.2) is 10.7 Å². The number of anilines is 4. The smallest absolute Gasteiger partial charge is 0.293 e. The number of nitro benzene ring substituents is 1. The van der Waals surface area contributed by atoms with E-state index >= 15 is 0 Å². The minimum atomic E-state index is -4.18. The SMILES string of the molecule is CN(C)CC[C@H](CSc1ccccc1)Nc1ccc(S(=O)(=O)Nc2ccc(N3CCN(c4cccc(-c5c(C(=O)NC[SH](=O)=O)cnn5-c5ccc(Cl)cc5)c4)CC3)cc2)cc1[N+](=O)[O-]. The van der Waals surface area contributed by atoms with Crippen molar-refractivity contribution in [3.05, 3.63) is 148 Å². The van der Waals surface area contributed by atoms with Gasteiger partial charge in [-0.2, -0.15) is 5.10 Å². The number of hydrogen-bond donors (Lipinski definition) is 4. The summed E-state index contributed by atoms with van der Waals surface area (Å²) in [5.41, 5.74) is 4.10. The van der Waals surface area contributed by atoms with Gasteiger partial charge in [-0.3, -0.25) is 19.6 Å². The van der Waals surface area contributed by atoms with Crippen LogP contribution < -0.4 is 25.2 Å². The number of thioether (sulfide) groups is 1. The first kappa shape index (κ1) is 46.9. The lowest BCUT2D eigenvalue weighted by atomic mass is 10.1. The highest BCUT2D eigenvalue weighted by molar-refractivity contribution is 7.99. The van der Waals surface area contributed by atoms with Crippen molar-refractivity contribution in [3.63, 3.8) is 0 Å². The van der Waals surface area contributed by atoms with Crippen LogP contribution in [0.15, 0.2) is 137 Å². The number of piperazine rings is 1. The van der Waals surface area contributed by atoms with Gasteiger partial charge in [-0.25, -0.2) is 21.5 Å². The number of carbonyl (C=O) groups excluding carboxylic acids is 1. The standard InChI is InChI=1S/C45H48ClN9O7S3/c1-51(2)22-21-35(30-63-39-9-4-3-5-10-39)49-42-20-19-40(28-43(42)55(57)58)65(61,62)50-34-13-17-36(18-14-34)52-23-25-53(26-24-52)38-8-6-7-32(27-38)44-41(45(56)47-31-64(59)60)29-48-54(44)37-15-11-33(46)12-16-37/h3-20,27-29,35,49-50,64H,21-26,30-31H2,1-2H3,(H,47,56)/t35-/m1/s1. The van der Waals surface area contributed by atoms with Crippen molar-refractivity contribution in [2.45, 2.75) is 22.3 Å². The molecule has 2 heterocycles. The van der Waals surface area contributed by atoms with Crippen molar-refractivity contribution in [3.8, 4) is 16.9 Å². The van der Waals surface area contributed by atoms with Crippen molar-refractivity contribution in [2.24, 2.45) is 0 Å². The Labute approximate surface area is 388 Å². The fourth-order valence-corrected chi connectivity index (χ4v) is 9.80. The number of sulfonamides is 1. The Balaban J connectivity index is 1.00. The Morgan fingerprint density at radius 3 is 2.22 bits per heavy atom. The molecule has 7 rings (SSSR count). The van der Waals surface area contributed by atoms with E-state index in [2.05, 4.69) is 30.3 Å². The van der Waals surface area contributed by atoms with Crippen LogP contribution in [0.2, 0.25) is 5.02 Å². The molecule has 1 aromatic heterocycles. The van der Waals surface area contributed by atoms with Crippen LogP contribution in [0, 0.1) is 10.1 Å². The van der Waals surface area contributed by atoms with Crippen LogP contribution in [0.25, 0.3) is 16.9 Å².